The number of ether oxygens (including phenoxy) is 1. The zero-order chi connectivity index (χ0) is 16.5. The maximum Gasteiger partial charge on any atom is 0.315 e. The van der Waals surface area contributed by atoms with Gasteiger partial charge in [0.05, 0.1) is 13.0 Å². The van der Waals surface area contributed by atoms with E-state index < -0.39 is 23.9 Å². The van der Waals surface area contributed by atoms with Crippen LogP contribution in [-0.2, 0) is 14.3 Å². The van der Waals surface area contributed by atoms with Crippen molar-refractivity contribution in [3.8, 4) is 0 Å². The molecule has 0 aromatic carbocycles. The first-order chi connectivity index (χ1) is 9.60. The summed E-state index contributed by atoms with van der Waals surface area (Å²) < 4.78 is 4.88. The molecule has 5 N–H and O–H groups in total. The predicted octanol–water partition coefficient (Wildman–Crippen LogP) is 0.0670. The first-order valence-corrected chi connectivity index (χ1v) is 6.72. The molecule has 8 nitrogen and oxygen atoms in total. The molecule has 122 valence electrons. The summed E-state index contributed by atoms with van der Waals surface area (Å²) >= 11 is 0. The zero-order valence-electron chi connectivity index (χ0n) is 12.8. The van der Waals surface area contributed by atoms with E-state index in [4.69, 9.17) is 15.6 Å². The van der Waals surface area contributed by atoms with Gasteiger partial charge >= 0.3 is 12.0 Å². The third-order valence-corrected chi connectivity index (χ3v) is 2.39. The first kappa shape index (κ1) is 19.2. The number of urea groups is 1. The molecule has 0 saturated heterocycles. The number of hydrogen-bond acceptors (Lipinski definition) is 4. The SMILES string of the molecule is CC(C)(C)CC(CC(=O)O)NC(=O)NCCOCC(N)=O. The lowest BCUT2D eigenvalue weighted by Gasteiger charge is -2.25. The molecular weight excluding hydrogens is 278 g/mol. The molecule has 1 atom stereocenters. The van der Waals surface area contributed by atoms with Gasteiger partial charge in [0, 0.05) is 12.6 Å². The van der Waals surface area contributed by atoms with Gasteiger partial charge in [-0.25, -0.2) is 4.79 Å². The van der Waals surface area contributed by atoms with Crippen LogP contribution in [0, 0.1) is 5.41 Å². The number of rotatable bonds is 9. The topological polar surface area (TPSA) is 131 Å². The Morgan fingerprint density at radius 3 is 2.38 bits per heavy atom. The van der Waals surface area contributed by atoms with Crippen LogP contribution in [0.4, 0.5) is 4.79 Å². The second-order valence-electron chi connectivity index (χ2n) is 5.98. The van der Waals surface area contributed by atoms with Crippen LogP contribution in [0.3, 0.4) is 0 Å². The minimum Gasteiger partial charge on any atom is -0.481 e. The Balaban J connectivity index is 4.09. The van der Waals surface area contributed by atoms with E-state index in [1.165, 1.54) is 0 Å². The number of carbonyl (C=O) groups excluding carboxylic acids is 2. The Morgan fingerprint density at radius 1 is 1.29 bits per heavy atom. The Morgan fingerprint density at radius 2 is 1.90 bits per heavy atom. The number of carboxylic acid groups (broad SMARTS) is 1. The van der Waals surface area contributed by atoms with Gasteiger partial charge in [-0.15, -0.1) is 0 Å². The molecule has 0 aliphatic rings. The third-order valence-electron chi connectivity index (χ3n) is 2.39. The number of carboxylic acids is 1. The van der Waals surface area contributed by atoms with E-state index in [2.05, 4.69) is 10.6 Å². The second-order valence-corrected chi connectivity index (χ2v) is 5.98. The highest BCUT2D eigenvalue weighted by Gasteiger charge is 2.22. The van der Waals surface area contributed by atoms with Crippen molar-refractivity contribution in [2.75, 3.05) is 19.8 Å². The van der Waals surface area contributed by atoms with Crippen molar-refractivity contribution in [1.29, 1.82) is 0 Å². The smallest absolute Gasteiger partial charge is 0.315 e. The number of amides is 3. The monoisotopic (exact) mass is 303 g/mol. The van der Waals surface area contributed by atoms with Crippen LogP contribution in [0.2, 0.25) is 0 Å². The van der Waals surface area contributed by atoms with Crippen molar-refractivity contribution < 1.29 is 24.2 Å². The van der Waals surface area contributed by atoms with E-state index in [0.29, 0.717) is 6.42 Å². The van der Waals surface area contributed by atoms with E-state index in [0.717, 1.165) is 0 Å². The third kappa shape index (κ3) is 12.9. The lowest BCUT2D eigenvalue weighted by atomic mass is 9.87. The van der Waals surface area contributed by atoms with Gasteiger partial charge in [-0.3, -0.25) is 9.59 Å². The molecule has 0 radical (unpaired) electrons. The molecule has 21 heavy (non-hydrogen) atoms. The summed E-state index contributed by atoms with van der Waals surface area (Å²) in [5, 5.41) is 14.0. The van der Waals surface area contributed by atoms with Gasteiger partial charge in [0.15, 0.2) is 0 Å². The van der Waals surface area contributed by atoms with Crippen LogP contribution in [0.1, 0.15) is 33.6 Å². The molecule has 0 fully saturated rings. The summed E-state index contributed by atoms with van der Waals surface area (Å²) in [5.41, 5.74) is 4.79. The number of hydrogen-bond donors (Lipinski definition) is 4. The quantitative estimate of drug-likeness (QED) is 0.448. The fourth-order valence-electron chi connectivity index (χ4n) is 1.77. The number of nitrogens with one attached hydrogen (secondary N) is 2. The first-order valence-electron chi connectivity index (χ1n) is 6.72. The van der Waals surface area contributed by atoms with E-state index in [1.807, 2.05) is 20.8 Å². The van der Waals surface area contributed by atoms with E-state index >= 15 is 0 Å². The summed E-state index contributed by atoms with van der Waals surface area (Å²) in [5.74, 6) is -1.54. The molecule has 3 amide bonds. The van der Waals surface area contributed by atoms with Crippen LogP contribution >= 0.6 is 0 Å². The molecule has 0 aliphatic heterocycles. The van der Waals surface area contributed by atoms with Gasteiger partial charge in [-0.05, 0) is 11.8 Å². The molecule has 1 unspecified atom stereocenters. The summed E-state index contributed by atoms with van der Waals surface area (Å²) in [6, 6.07) is -0.915. The van der Waals surface area contributed by atoms with Crippen LogP contribution in [0.25, 0.3) is 0 Å². The zero-order valence-corrected chi connectivity index (χ0v) is 12.8. The van der Waals surface area contributed by atoms with Gasteiger partial charge < -0.3 is 26.2 Å². The van der Waals surface area contributed by atoms with Gasteiger partial charge in [0.25, 0.3) is 0 Å². The molecule has 0 aliphatic carbocycles. The van der Waals surface area contributed by atoms with Crippen molar-refractivity contribution in [1.82, 2.24) is 10.6 Å². The molecule has 0 aromatic rings. The maximum atomic E-state index is 11.7. The molecule has 0 spiro atoms. The maximum absolute atomic E-state index is 11.7. The number of nitrogens with two attached hydrogens (primary N) is 1. The van der Waals surface area contributed by atoms with Crippen LogP contribution < -0.4 is 16.4 Å². The molecule has 0 saturated carbocycles. The lowest BCUT2D eigenvalue weighted by Crippen LogP contribution is -2.45. The van der Waals surface area contributed by atoms with Crippen LogP contribution in [0.15, 0.2) is 0 Å². The van der Waals surface area contributed by atoms with Crippen molar-refractivity contribution in [2.24, 2.45) is 11.1 Å². The van der Waals surface area contributed by atoms with Gasteiger partial charge in [-0.1, -0.05) is 20.8 Å². The fourth-order valence-corrected chi connectivity index (χ4v) is 1.77. The molecule has 8 heteroatoms. The number of primary amides is 1. The predicted molar refractivity (Wildman–Crippen MR) is 76.7 cm³/mol. The normalized spacial score (nSPS) is 12.5. The summed E-state index contributed by atoms with van der Waals surface area (Å²) in [6.45, 7) is 6.07. The minimum absolute atomic E-state index is 0.0992. The van der Waals surface area contributed by atoms with E-state index in [-0.39, 0.29) is 31.6 Å². The van der Waals surface area contributed by atoms with Crippen molar-refractivity contribution in [3.63, 3.8) is 0 Å². The Labute approximate surface area is 124 Å². The number of carbonyl (C=O) groups is 3. The molecule has 0 bridgehead atoms. The Kier molecular flexibility index (Phi) is 8.37. The molecule has 0 heterocycles. The van der Waals surface area contributed by atoms with Gasteiger partial charge in [0.1, 0.15) is 6.61 Å². The van der Waals surface area contributed by atoms with Crippen molar-refractivity contribution in [3.05, 3.63) is 0 Å². The Hall–Kier alpha value is -1.83. The lowest BCUT2D eigenvalue weighted by molar-refractivity contribution is -0.137. The largest absolute Gasteiger partial charge is 0.481 e. The van der Waals surface area contributed by atoms with Crippen molar-refractivity contribution in [2.45, 2.75) is 39.7 Å². The molecule has 0 aromatic heterocycles. The minimum atomic E-state index is -0.964. The van der Waals surface area contributed by atoms with E-state index in [9.17, 15) is 14.4 Å². The average molecular weight is 303 g/mol. The highest BCUT2D eigenvalue weighted by atomic mass is 16.5. The van der Waals surface area contributed by atoms with Gasteiger partial charge in [0.2, 0.25) is 5.91 Å². The van der Waals surface area contributed by atoms with Crippen LogP contribution in [0.5, 0.6) is 0 Å². The van der Waals surface area contributed by atoms with Crippen LogP contribution in [-0.4, -0.2) is 48.8 Å². The summed E-state index contributed by atoms with van der Waals surface area (Å²) in [4.78, 5) is 32.9. The second kappa shape index (κ2) is 9.17. The van der Waals surface area contributed by atoms with Crippen molar-refractivity contribution >= 4 is 17.9 Å². The summed E-state index contributed by atoms with van der Waals surface area (Å²) in [6.07, 6.45) is 0.410. The fraction of sp³-hybridized carbons (Fsp3) is 0.769. The highest BCUT2D eigenvalue weighted by molar-refractivity contribution is 5.76. The van der Waals surface area contributed by atoms with E-state index in [1.54, 1.807) is 0 Å². The standard InChI is InChI=1S/C13H25N3O5/c1-13(2,3)7-9(6-11(18)19)16-12(20)15-4-5-21-8-10(14)17/h9H,4-8H2,1-3H3,(H2,14,17)(H,18,19)(H2,15,16,20). The Bertz CT molecular complexity index is 365. The molecule has 0 rings (SSSR count). The number of aliphatic carboxylic acids is 1. The molecular formula is C13H25N3O5. The highest BCUT2D eigenvalue weighted by Crippen LogP contribution is 2.22. The average Bonchev–Trinajstić information content (AvgIpc) is 2.24. The summed E-state index contributed by atoms with van der Waals surface area (Å²) in [7, 11) is 0. The van der Waals surface area contributed by atoms with Gasteiger partial charge in [-0.2, -0.15) is 0 Å².